The van der Waals surface area contributed by atoms with E-state index in [1.807, 2.05) is 6.07 Å². The highest BCUT2D eigenvalue weighted by Gasteiger charge is 2.06. The molecule has 0 saturated heterocycles. The number of amides is 1. The molecule has 1 aromatic carbocycles. The van der Waals surface area contributed by atoms with Crippen LogP contribution in [-0.2, 0) is 11.2 Å². The first-order valence-electron chi connectivity index (χ1n) is 4.98. The van der Waals surface area contributed by atoms with Crippen LogP contribution in [0.5, 0.6) is 0 Å². The molecule has 1 atom stereocenters. The van der Waals surface area contributed by atoms with E-state index in [4.69, 9.17) is 28.9 Å². The average Bonchev–Trinajstić information content (AvgIpc) is 2.20. The summed E-state index contributed by atoms with van der Waals surface area (Å²) < 4.78 is 0. The smallest absolute Gasteiger partial charge is 0.236 e. The van der Waals surface area contributed by atoms with Crippen LogP contribution in [0, 0.1) is 0 Å². The number of carbonyl (C=O) groups excluding carboxylic acids is 1. The van der Waals surface area contributed by atoms with Gasteiger partial charge in [0.2, 0.25) is 5.91 Å². The van der Waals surface area contributed by atoms with Gasteiger partial charge in [-0.25, -0.2) is 0 Å². The monoisotopic (exact) mass is 296 g/mol. The highest BCUT2D eigenvalue weighted by molar-refractivity contribution is 6.35. The van der Waals surface area contributed by atoms with Crippen LogP contribution in [0.2, 0.25) is 10.0 Å². The van der Waals surface area contributed by atoms with E-state index in [1.54, 1.807) is 19.1 Å². The topological polar surface area (TPSA) is 55.1 Å². The Morgan fingerprint density at radius 3 is 2.65 bits per heavy atom. The van der Waals surface area contributed by atoms with Crippen molar-refractivity contribution in [2.75, 3.05) is 6.54 Å². The molecule has 0 aliphatic heterocycles. The van der Waals surface area contributed by atoms with E-state index in [0.717, 1.165) is 5.56 Å². The molecule has 0 aliphatic rings. The summed E-state index contributed by atoms with van der Waals surface area (Å²) in [4.78, 5) is 11.2. The van der Waals surface area contributed by atoms with Crippen molar-refractivity contribution in [3.63, 3.8) is 0 Å². The van der Waals surface area contributed by atoms with Crippen molar-refractivity contribution in [2.24, 2.45) is 5.73 Å². The Balaban J connectivity index is 0.00000256. The van der Waals surface area contributed by atoms with E-state index in [1.165, 1.54) is 0 Å². The lowest BCUT2D eigenvalue weighted by atomic mass is 10.1. The number of rotatable bonds is 4. The van der Waals surface area contributed by atoms with E-state index in [-0.39, 0.29) is 18.3 Å². The highest BCUT2D eigenvalue weighted by atomic mass is 35.5. The third kappa shape index (κ3) is 5.59. The quantitative estimate of drug-likeness (QED) is 0.897. The number of benzene rings is 1. The van der Waals surface area contributed by atoms with Gasteiger partial charge in [0.1, 0.15) is 0 Å². The fraction of sp³-hybridized carbons (Fsp3) is 0.364. The molecule has 0 fully saturated rings. The van der Waals surface area contributed by atoms with Gasteiger partial charge in [-0.05, 0) is 31.0 Å². The molecule has 0 radical (unpaired) electrons. The van der Waals surface area contributed by atoms with E-state index >= 15 is 0 Å². The molecule has 0 aliphatic carbocycles. The van der Waals surface area contributed by atoms with Gasteiger partial charge >= 0.3 is 0 Å². The lowest BCUT2D eigenvalue weighted by Crippen LogP contribution is -2.39. The second kappa shape index (κ2) is 7.77. The minimum atomic E-state index is -0.485. The first kappa shape index (κ1) is 16.5. The number of halogens is 3. The van der Waals surface area contributed by atoms with E-state index in [2.05, 4.69) is 5.32 Å². The molecular weight excluding hydrogens is 282 g/mol. The molecule has 3 N–H and O–H groups in total. The van der Waals surface area contributed by atoms with Gasteiger partial charge in [-0.3, -0.25) is 4.79 Å². The van der Waals surface area contributed by atoms with Gasteiger partial charge < -0.3 is 11.1 Å². The van der Waals surface area contributed by atoms with Crippen LogP contribution >= 0.6 is 35.6 Å². The Kier molecular flexibility index (Phi) is 7.55. The zero-order valence-electron chi connectivity index (χ0n) is 9.37. The maximum atomic E-state index is 11.2. The fourth-order valence-corrected chi connectivity index (χ4v) is 1.71. The molecule has 0 aromatic heterocycles. The molecule has 1 aromatic rings. The molecular formula is C11H15Cl3N2O. The number of hydrogen-bond acceptors (Lipinski definition) is 2. The summed E-state index contributed by atoms with van der Waals surface area (Å²) in [7, 11) is 0. The maximum Gasteiger partial charge on any atom is 0.236 e. The van der Waals surface area contributed by atoms with Crippen molar-refractivity contribution >= 4 is 41.5 Å². The predicted molar refractivity (Wildman–Crippen MR) is 74.1 cm³/mol. The Bertz CT molecular complexity index is 383. The van der Waals surface area contributed by atoms with Crippen molar-refractivity contribution < 1.29 is 4.79 Å². The molecule has 0 heterocycles. The molecule has 0 spiro atoms. The number of nitrogens with one attached hydrogen (secondary N) is 1. The van der Waals surface area contributed by atoms with Crippen LogP contribution < -0.4 is 11.1 Å². The summed E-state index contributed by atoms with van der Waals surface area (Å²) in [5.41, 5.74) is 6.36. The van der Waals surface area contributed by atoms with Crippen molar-refractivity contribution in [3.05, 3.63) is 33.8 Å². The normalized spacial score (nSPS) is 11.5. The number of carbonyl (C=O) groups is 1. The molecule has 1 rings (SSSR count). The zero-order valence-corrected chi connectivity index (χ0v) is 11.7. The average molecular weight is 298 g/mol. The van der Waals surface area contributed by atoms with Crippen LogP contribution in [-0.4, -0.2) is 18.5 Å². The minimum absolute atomic E-state index is 0. The third-order valence-electron chi connectivity index (χ3n) is 2.12. The lowest BCUT2D eigenvalue weighted by Gasteiger charge is -2.08. The van der Waals surface area contributed by atoms with Gasteiger partial charge in [0.25, 0.3) is 0 Å². The van der Waals surface area contributed by atoms with Crippen molar-refractivity contribution in [1.82, 2.24) is 5.32 Å². The maximum absolute atomic E-state index is 11.2. The first-order valence-corrected chi connectivity index (χ1v) is 5.73. The van der Waals surface area contributed by atoms with E-state index in [0.29, 0.717) is 23.0 Å². The Hall–Kier alpha value is -0.480. The largest absolute Gasteiger partial charge is 0.354 e. The van der Waals surface area contributed by atoms with Gasteiger partial charge in [-0.2, -0.15) is 0 Å². The van der Waals surface area contributed by atoms with Crippen molar-refractivity contribution in [1.29, 1.82) is 0 Å². The molecule has 0 unspecified atom stereocenters. The van der Waals surface area contributed by atoms with Crippen LogP contribution in [0.3, 0.4) is 0 Å². The Morgan fingerprint density at radius 1 is 1.47 bits per heavy atom. The SMILES string of the molecule is C[C@H](N)C(=O)NCCc1ccc(Cl)cc1Cl.Cl. The predicted octanol–water partition coefficient (Wildman–Crippen LogP) is 2.42. The van der Waals surface area contributed by atoms with Crippen LogP contribution in [0.1, 0.15) is 12.5 Å². The molecule has 96 valence electrons. The summed E-state index contributed by atoms with van der Waals surface area (Å²) in [6, 6.07) is 4.82. The zero-order chi connectivity index (χ0) is 12.1. The molecule has 0 bridgehead atoms. The first-order chi connectivity index (χ1) is 7.50. The lowest BCUT2D eigenvalue weighted by molar-refractivity contribution is -0.121. The Morgan fingerprint density at radius 2 is 2.12 bits per heavy atom. The molecule has 6 heteroatoms. The molecule has 3 nitrogen and oxygen atoms in total. The van der Waals surface area contributed by atoms with Crippen molar-refractivity contribution in [3.8, 4) is 0 Å². The van der Waals surface area contributed by atoms with Gasteiger partial charge in [-0.15, -0.1) is 12.4 Å². The fourth-order valence-electron chi connectivity index (χ4n) is 1.21. The van der Waals surface area contributed by atoms with Crippen molar-refractivity contribution in [2.45, 2.75) is 19.4 Å². The van der Waals surface area contributed by atoms with Gasteiger partial charge in [0.15, 0.2) is 0 Å². The summed E-state index contributed by atoms with van der Waals surface area (Å²) in [5, 5.41) is 3.94. The van der Waals surface area contributed by atoms with Crippen LogP contribution in [0.15, 0.2) is 18.2 Å². The van der Waals surface area contributed by atoms with Crippen LogP contribution in [0.4, 0.5) is 0 Å². The van der Waals surface area contributed by atoms with E-state index in [9.17, 15) is 4.79 Å². The standard InChI is InChI=1S/C11H14Cl2N2O.ClH/c1-7(14)11(16)15-5-4-8-2-3-9(12)6-10(8)13;/h2-3,6-7H,4-5,14H2,1H3,(H,15,16);1H/t7-;/m0./s1. The molecule has 0 saturated carbocycles. The van der Waals surface area contributed by atoms with Gasteiger partial charge in [0.05, 0.1) is 6.04 Å². The Labute approximate surface area is 117 Å². The summed E-state index contributed by atoms with van der Waals surface area (Å²) in [6.45, 7) is 2.16. The third-order valence-corrected chi connectivity index (χ3v) is 2.71. The van der Waals surface area contributed by atoms with Crippen LogP contribution in [0.25, 0.3) is 0 Å². The van der Waals surface area contributed by atoms with E-state index < -0.39 is 6.04 Å². The number of nitrogens with two attached hydrogens (primary N) is 1. The summed E-state index contributed by atoms with van der Waals surface area (Å²) in [6.07, 6.45) is 0.661. The highest BCUT2D eigenvalue weighted by Crippen LogP contribution is 2.20. The second-order valence-electron chi connectivity index (χ2n) is 3.57. The van der Waals surface area contributed by atoms with Gasteiger partial charge in [-0.1, -0.05) is 29.3 Å². The number of hydrogen-bond donors (Lipinski definition) is 2. The molecule has 1 amide bonds. The van der Waals surface area contributed by atoms with Gasteiger partial charge in [0, 0.05) is 16.6 Å². The molecule has 17 heavy (non-hydrogen) atoms. The summed E-state index contributed by atoms with van der Waals surface area (Å²) >= 11 is 11.8. The second-order valence-corrected chi connectivity index (χ2v) is 4.41. The minimum Gasteiger partial charge on any atom is -0.354 e. The summed E-state index contributed by atoms with van der Waals surface area (Å²) in [5.74, 6) is -0.162.